The Morgan fingerprint density at radius 2 is 2.04 bits per heavy atom. The van der Waals surface area contributed by atoms with E-state index in [9.17, 15) is 4.79 Å². The summed E-state index contributed by atoms with van der Waals surface area (Å²) in [5.74, 6) is 1.23. The number of anilines is 1. The minimum Gasteiger partial charge on any atom is -0.496 e. The Morgan fingerprint density at radius 1 is 1.17 bits per heavy atom. The van der Waals surface area contributed by atoms with Crippen molar-refractivity contribution in [2.24, 2.45) is 0 Å². The third-order valence-corrected chi connectivity index (χ3v) is 4.08. The van der Waals surface area contributed by atoms with Crippen LogP contribution in [0.3, 0.4) is 0 Å². The van der Waals surface area contributed by atoms with Gasteiger partial charge in [0.25, 0.3) is 0 Å². The molecule has 1 amide bonds. The third-order valence-electron chi connectivity index (χ3n) is 3.16. The van der Waals surface area contributed by atoms with Crippen LogP contribution >= 0.6 is 11.8 Å². The Morgan fingerprint density at radius 3 is 2.75 bits per heavy atom. The molecule has 24 heavy (non-hydrogen) atoms. The Bertz CT molecular complexity index is 804. The predicted octanol–water partition coefficient (Wildman–Crippen LogP) is 3.48. The lowest BCUT2D eigenvalue weighted by molar-refractivity contribution is -0.113. The number of aromatic nitrogens is 2. The number of rotatable bonds is 6. The number of nitrogens with one attached hydrogen (secondary N) is 1. The summed E-state index contributed by atoms with van der Waals surface area (Å²) >= 11 is 1.31. The fraction of sp³-hybridized carbons (Fsp3) is 0.118. The smallest absolute Gasteiger partial charge is 0.237 e. The highest BCUT2D eigenvalue weighted by molar-refractivity contribution is 7.99. The summed E-state index contributed by atoms with van der Waals surface area (Å²) in [6.45, 7) is 0. The second kappa shape index (κ2) is 7.65. The van der Waals surface area contributed by atoms with Gasteiger partial charge in [0.1, 0.15) is 10.8 Å². The van der Waals surface area contributed by atoms with Crippen molar-refractivity contribution in [1.29, 1.82) is 0 Å². The number of ether oxygens (including phenoxy) is 1. The van der Waals surface area contributed by atoms with Crippen molar-refractivity contribution in [2.45, 2.75) is 5.03 Å². The van der Waals surface area contributed by atoms with E-state index in [0.29, 0.717) is 10.9 Å². The summed E-state index contributed by atoms with van der Waals surface area (Å²) in [4.78, 5) is 11.8. The zero-order valence-electron chi connectivity index (χ0n) is 12.9. The standard InChI is InChI=1S/C17H15N3O3S/c1-22-14-6-3-2-5-12(14)13-8-9-17(20-19-13)24-11-15(21)18-16-7-4-10-23-16/h2-10H,11H2,1H3,(H,18,21). The zero-order valence-corrected chi connectivity index (χ0v) is 13.7. The van der Waals surface area contributed by atoms with Gasteiger partial charge in [-0.3, -0.25) is 10.1 Å². The lowest BCUT2D eigenvalue weighted by Gasteiger charge is -2.07. The summed E-state index contributed by atoms with van der Waals surface area (Å²) < 4.78 is 10.4. The molecule has 1 N–H and O–H groups in total. The Balaban J connectivity index is 1.61. The highest BCUT2D eigenvalue weighted by Crippen LogP contribution is 2.28. The molecule has 3 aromatic rings. The Kier molecular flexibility index (Phi) is 5.12. The summed E-state index contributed by atoms with van der Waals surface area (Å²) in [5, 5.41) is 11.7. The summed E-state index contributed by atoms with van der Waals surface area (Å²) in [5.41, 5.74) is 1.59. The zero-order chi connectivity index (χ0) is 16.8. The van der Waals surface area contributed by atoms with Gasteiger partial charge in [-0.2, -0.15) is 0 Å². The first-order valence-electron chi connectivity index (χ1n) is 7.19. The van der Waals surface area contributed by atoms with E-state index in [-0.39, 0.29) is 11.7 Å². The summed E-state index contributed by atoms with van der Waals surface area (Å²) in [7, 11) is 1.62. The Labute approximate surface area is 143 Å². The van der Waals surface area contributed by atoms with E-state index < -0.39 is 0 Å². The molecule has 1 aromatic carbocycles. The molecule has 3 rings (SSSR count). The maximum atomic E-state index is 11.8. The highest BCUT2D eigenvalue weighted by Gasteiger charge is 2.09. The van der Waals surface area contributed by atoms with E-state index in [1.165, 1.54) is 18.0 Å². The van der Waals surface area contributed by atoms with Crippen LogP contribution in [0.5, 0.6) is 5.75 Å². The second-order valence-corrected chi connectivity index (χ2v) is 5.77. The van der Waals surface area contributed by atoms with Crippen molar-refractivity contribution in [1.82, 2.24) is 10.2 Å². The van der Waals surface area contributed by atoms with E-state index in [1.54, 1.807) is 19.2 Å². The monoisotopic (exact) mass is 341 g/mol. The lowest BCUT2D eigenvalue weighted by Crippen LogP contribution is -2.13. The largest absolute Gasteiger partial charge is 0.496 e. The third kappa shape index (κ3) is 3.94. The van der Waals surface area contributed by atoms with Crippen LogP contribution in [0, 0.1) is 0 Å². The molecule has 6 nitrogen and oxygen atoms in total. The molecule has 0 aliphatic carbocycles. The van der Waals surface area contributed by atoms with Gasteiger partial charge in [0.15, 0.2) is 5.88 Å². The molecule has 0 unspecified atom stereocenters. The van der Waals surface area contributed by atoms with Gasteiger partial charge in [0, 0.05) is 11.6 Å². The summed E-state index contributed by atoms with van der Waals surface area (Å²) in [6, 6.07) is 14.7. The molecule has 2 heterocycles. The first-order chi connectivity index (χ1) is 11.8. The number of amides is 1. The normalized spacial score (nSPS) is 10.4. The number of nitrogens with zero attached hydrogens (tertiary/aromatic N) is 2. The molecular weight excluding hydrogens is 326 g/mol. The summed E-state index contributed by atoms with van der Waals surface area (Å²) in [6.07, 6.45) is 1.50. The van der Waals surface area contributed by atoms with Gasteiger partial charge in [-0.05, 0) is 30.3 Å². The van der Waals surface area contributed by atoms with Gasteiger partial charge in [-0.15, -0.1) is 10.2 Å². The number of carbonyl (C=O) groups is 1. The average molecular weight is 341 g/mol. The topological polar surface area (TPSA) is 77.2 Å². The molecule has 0 atom stereocenters. The average Bonchev–Trinajstić information content (AvgIpc) is 3.13. The van der Waals surface area contributed by atoms with Crippen LogP contribution in [0.4, 0.5) is 5.88 Å². The van der Waals surface area contributed by atoms with Gasteiger partial charge >= 0.3 is 0 Å². The fourth-order valence-corrected chi connectivity index (χ4v) is 2.67. The van der Waals surface area contributed by atoms with Crippen LogP contribution in [-0.4, -0.2) is 29.0 Å². The van der Waals surface area contributed by atoms with E-state index in [4.69, 9.17) is 9.15 Å². The fourth-order valence-electron chi connectivity index (χ4n) is 2.06. The van der Waals surface area contributed by atoms with Crippen molar-refractivity contribution in [2.75, 3.05) is 18.2 Å². The molecule has 0 radical (unpaired) electrons. The molecule has 7 heteroatoms. The first-order valence-corrected chi connectivity index (χ1v) is 8.18. The molecular formula is C17H15N3O3S. The van der Waals surface area contributed by atoms with Crippen molar-refractivity contribution >= 4 is 23.6 Å². The van der Waals surface area contributed by atoms with Gasteiger partial charge in [0.2, 0.25) is 5.91 Å². The van der Waals surface area contributed by atoms with Crippen LogP contribution in [0.2, 0.25) is 0 Å². The second-order valence-electron chi connectivity index (χ2n) is 4.77. The van der Waals surface area contributed by atoms with Crippen LogP contribution < -0.4 is 10.1 Å². The first kappa shape index (κ1) is 16.1. The number of benzene rings is 1. The van der Waals surface area contributed by atoms with E-state index in [1.807, 2.05) is 36.4 Å². The molecule has 0 fully saturated rings. The molecule has 0 saturated heterocycles. The van der Waals surface area contributed by atoms with Crippen molar-refractivity contribution in [3.8, 4) is 17.0 Å². The van der Waals surface area contributed by atoms with Crippen LogP contribution in [0.1, 0.15) is 0 Å². The van der Waals surface area contributed by atoms with Gasteiger partial charge < -0.3 is 9.15 Å². The van der Waals surface area contributed by atoms with Crippen molar-refractivity contribution < 1.29 is 13.9 Å². The van der Waals surface area contributed by atoms with Crippen LogP contribution in [0.25, 0.3) is 11.3 Å². The number of furan rings is 1. The number of hydrogen-bond acceptors (Lipinski definition) is 6. The molecule has 0 spiro atoms. The minimum atomic E-state index is -0.162. The number of methoxy groups -OCH3 is 1. The molecule has 0 bridgehead atoms. The number of para-hydroxylation sites is 1. The lowest BCUT2D eigenvalue weighted by atomic mass is 10.1. The van der Waals surface area contributed by atoms with Crippen LogP contribution in [0.15, 0.2) is 64.2 Å². The van der Waals surface area contributed by atoms with E-state index in [0.717, 1.165) is 17.0 Å². The molecule has 2 aromatic heterocycles. The van der Waals surface area contributed by atoms with Crippen molar-refractivity contribution in [3.63, 3.8) is 0 Å². The predicted molar refractivity (Wildman–Crippen MR) is 92.1 cm³/mol. The molecule has 0 aliphatic rings. The van der Waals surface area contributed by atoms with Crippen molar-refractivity contribution in [3.05, 3.63) is 54.8 Å². The number of hydrogen-bond donors (Lipinski definition) is 1. The van der Waals surface area contributed by atoms with Gasteiger partial charge in [-0.25, -0.2) is 0 Å². The quantitative estimate of drug-likeness (QED) is 0.692. The number of carbonyl (C=O) groups excluding carboxylic acids is 1. The van der Waals surface area contributed by atoms with Gasteiger partial charge in [0.05, 0.1) is 24.8 Å². The van der Waals surface area contributed by atoms with Crippen LogP contribution in [-0.2, 0) is 4.79 Å². The van der Waals surface area contributed by atoms with Gasteiger partial charge in [-0.1, -0.05) is 23.9 Å². The number of thioether (sulfide) groups is 1. The highest BCUT2D eigenvalue weighted by atomic mass is 32.2. The maximum absolute atomic E-state index is 11.8. The Hall–Kier alpha value is -2.80. The maximum Gasteiger partial charge on any atom is 0.237 e. The van der Waals surface area contributed by atoms with E-state index >= 15 is 0 Å². The molecule has 0 aliphatic heterocycles. The minimum absolute atomic E-state index is 0.162. The molecule has 0 saturated carbocycles. The molecule has 122 valence electrons. The SMILES string of the molecule is COc1ccccc1-c1ccc(SCC(=O)Nc2ccco2)nn1. The van der Waals surface area contributed by atoms with E-state index in [2.05, 4.69) is 15.5 Å².